The number of aryl methyl sites for hydroxylation is 1. The summed E-state index contributed by atoms with van der Waals surface area (Å²) in [5.41, 5.74) is 2.91. The molecule has 2 amide bonds. The van der Waals surface area contributed by atoms with Gasteiger partial charge < -0.3 is 10.2 Å². The van der Waals surface area contributed by atoms with Crippen LogP contribution < -0.4 is 9.62 Å². The Balaban J connectivity index is 2.06. The van der Waals surface area contributed by atoms with E-state index < -0.39 is 28.5 Å². The molecule has 0 aliphatic heterocycles. The molecule has 1 N–H and O–H groups in total. The first-order valence-corrected chi connectivity index (χ1v) is 15.9. The van der Waals surface area contributed by atoms with E-state index in [0.29, 0.717) is 5.69 Å². The van der Waals surface area contributed by atoms with Gasteiger partial charge in [0.25, 0.3) is 0 Å². The number of benzene rings is 3. The molecule has 10 heteroatoms. The number of hydrogen-bond donors (Lipinski definition) is 1. The molecule has 0 aromatic heterocycles. The van der Waals surface area contributed by atoms with Gasteiger partial charge in [0.05, 0.1) is 11.9 Å². The van der Waals surface area contributed by atoms with Crippen molar-refractivity contribution in [2.75, 3.05) is 17.1 Å². The number of nitrogens with zero attached hydrogens (tertiary/aromatic N) is 2. The predicted octanol–water partition coefficient (Wildman–Crippen LogP) is 5.45. The number of anilines is 1. The molecular weight excluding hydrogens is 646 g/mol. The van der Waals surface area contributed by atoms with Crippen LogP contribution in [-0.4, -0.2) is 50.0 Å². The summed E-state index contributed by atoms with van der Waals surface area (Å²) in [7, 11) is -3.81. The Morgan fingerprint density at radius 1 is 0.923 bits per heavy atom. The van der Waals surface area contributed by atoms with Crippen molar-refractivity contribution in [2.45, 2.75) is 45.8 Å². The van der Waals surface area contributed by atoms with Gasteiger partial charge in [-0.05, 0) is 67.8 Å². The molecule has 0 unspecified atom stereocenters. The van der Waals surface area contributed by atoms with Crippen molar-refractivity contribution < 1.29 is 18.0 Å². The Labute approximate surface area is 247 Å². The highest BCUT2D eigenvalue weighted by Gasteiger charge is 2.33. The molecule has 0 radical (unpaired) electrons. The molecule has 0 spiro atoms. The average Bonchev–Trinajstić information content (AvgIpc) is 2.87. The van der Waals surface area contributed by atoms with E-state index in [1.165, 1.54) is 4.90 Å². The van der Waals surface area contributed by atoms with Gasteiger partial charge in [0.15, 0.2) is 0 Å². The van der Waals surface area contributed by atoms with E-state index in [9.17, 15) is 18.0 Å². The van der Waals surface area contributed by atoms with Crippen molar-refractivity contribution in [1.29, 1.82) is 0 Å². The van der Waals surface area contributed by atoms with Gasteiger partial charge >= 0.3 is 0 Å². The van der Waals surface area contributed by atoms with Gasteiger partial charge in [-0.1, -0.05) is 74.3 Å². The van der Waals surface area contributed by atoms with Crippen LogP contribution in [0, 0.1) is 6.92 Å². The monoisotopic (exact) mass is 677 g/mol. The summed E-state index contributed by atoms with van der Waals surface area (Å²) in [6, 6.07) is 21.1. The van der Waals surface area contributed by atoms with Crippen molar-refractivity contribution in [3.63, 3.8) is 0 Å². The minimum atomic E-state index is -3.81. The second-order valence-corrected chi connectivity index (χ2v) is 13.4. The summed E-state index contributed by atoms with van der Waals surface area (Å²) in [6.07, 6.45) is 1.35. The molecular formula is C29H33Br2N3O4S. The number of halogens is 2. The van der Waals surface area contributed by atoms with Crippen molar-refractivity contribution >= 4 is 59.4 Å². The van der Waals surface area contributed by atoms with Gasteiger partial charge in [-0.15, -0.1) is 0 Å². The van der Waals surface area contributed by atoms with Crippen LogP contribution in [0.25, 0.3) is 0 Å². The topological polar surface area (TPSA) is 86.8 Å². The minimum Gasteiger partial charge on any atom is -0.352 e. The number of carbonyl (C=O) groups is 2. The first kappa shape index (κ1) is 30.8. The lowest BCUT2D eigenvalue weighted by molar-refractivity contribution is -0.140. The maximum absolute atomic E-state index is 14.0. The molecule has 0 aliphatic carbocycles. The van der Waals surface area contributed by atoms with Crippen molar-refractivity contribution in [3.05, 3.63) is 98.4 Å². The molecule has 7 nitrogen and oxygen atoms in total. The lowest BCUT2D eigenvalue weighted by atomic mass is 10.0. The standard InChI is InChI=1S/C29H33Br2N3O4S/c1-20(2)32-29(36)27(17-22-8-6-5-7-9-22)33(18-23-10-12-24(30)13-11-23)28(35)19-34(39(4,37)38)25-14-15-26(31)21(3)16-25/h5-16,20,27H,17-19H2,1-4H3,(H,32,36)/t27-/m0/s1. The average molecular weight is 679 g/mol. The van der Waals surface area contributed by atoms with Gasteiger partial charge in [0, 0.05) is 28.0 Å². The number of amides is 2. The molecule has 0 heterocycles. The zero-order valence-corrected chi connectivity index (χ0v) is 26.4. The van der Waals surface area contributed by atoms with Crippen LogP contribution in [0.1, 0.15) is 30.5 Å². The maximum Gasteiger partial charge on any atom is 0.244 e. The first-order chi connectivity index (χ1) is 18.3. The van der Waals surface area contributed by atoms with Crippen molar-refractivity contribution in [2.24, 2.45) is 0 Å². The molecule has 0 fully saturated rings. The Morgan fingerprint density at radius 2 is 1.56 bits per heavy atom. The highest BCUT2D eigenvalue weighted by atomic mass is 79.9. The fourth-order valence-corrected chi connectivity index (χ4v) is 5.47. The van der Waals surface area contributed by atoms with E-state index >= 15 is 0 Å². The second kappa shape index (κ2) is 13.6. The SMILES string of the molecule is Cc1cc(N(CC(=O)N(Cc2ccc(Br)cc2)[C@@H](Cc2ccccc2)C(=O)NC(C)C)S(C)(=O)=O)ccc1Br. The Morgan fingerprint density at radius 3 is 2.13 bits per heavy atom. The van der Waals surface area contributed by atoms with E-state index in [1.54, 1.807) is 18.2 Å². The first-order valence-electron chi connectivity index (χ1n) is 12.5. The fraction of sp³-hybridized carbons (Fsp3) is 0.310. The lowest BCUT2D eigenvalue weighted by Crippen LogP contribution is -2.54. The molecule has 3 rings (SSSR count). The summed E-state index contributed by atoms with van der Waals surface area (Å²) in [6.45, 7) is 5.25. The Kier molecular flexibility index (Phi) is 10.7. The number of hydrogen-bond acceptors (Lipinski definition) is 4. The molecule has 0 saturated heterocycles. The number of carbonyl (C=O) groups excluding carboxylic acids is 2. The summed E-state index contributed by atoms with van der Waals surface area (Å²) in [4.78, 5) is 29.1. The zero-order chi connectivity index (χ0) is 28.7. The number of sulfonamides is 1. The minimum absolute atomic E-state index is 0.131. The highest BCUT2D eigenvalue weighted by molar-refractivity contribution is 9.10. The smallest absolute Gasteiger partial charge is 0.244 e. The van der Waals surface area contributed by atoms with Gasteiger partial charge in [-0.2, -0.15) is 0 Å². The summed E-state index contributed by atoms with van der Waals surface area (Å²) in [5.74, 6) is -0.784. The Hall–Kier alpha value is -2.69. The van der Waals surface area contributed by atoms with E-state index in [0.717, 1.165) is 36.2 Å². The summed E-state index contributed by atoms with van der Waals surface area (Å²) < 4.78 is 28.6. The normalized spacial score (nSPS) is 12.2. The maximum atomic E-state index is 14.0. The van der Waals surface area contributed by atoms with Crippen LogP contribution in [0.3, 0.4) is 0 Å². The lowest BCUT2D eigenvalue weighted by Gasteiger charge is -2.34. The molecule has 208 valence electrons. The predicted molar refractivity (Wildman–Crippen MR) is 163 cm³/mol. The molecule has 0 bridgehead atoms. The van der Waals surface area contributed by atoms with E-state index in [-0.39, 0.29) is 24.9 Å². The third-order valence-electron chi connectivity index (χ3n) is 6.08. The van der Waals surface area contributed by atoms with E-state index in [2.05, 4.69) is 37.2 Å². The molecule has 3 aromatic rings. The van der Waals surface area contributed by atoms with Crippen LogP contribution in [-0.2, 0) is 32.6 Å². The van der Waals surface area contributed by atoms with Crippen LogP contribution in [0.5, 0.6) is 0 Å². The zero-order valence-electron chi connectivity index (χ0n) is 22.4. The van der Waals surface area contributed by atoms with Crippen molar-refractivity contribution in [1.82, 2.24) is 10.2 Å². The second-order valence-electron chi connectivity index (χ2n) is 9.72. The molecule has 0 saturated carbocycles. The molecule has 3 aromatic carbocycles. The van der Waals surface area contributed by atoms with Gasteiger partial charge in [0.1, 0.15) is 12.6 Å². The van der Waals surface area contributed by atoms with E-state index in [4.69, 9.17) is 0 Å². The van der Waals surface area contributed by atoms with Crippen LogP contribution in [0.15, 0.2) is 81.7 Å². The van der Waals surface area contributed by atoms with Crippen molar-refractivity contribution in [3.8, 4) is 0 Å². The Bertz CT molecular complexity index is 1400. The highest BCUT2D eigenvalue weighted by Crippen LogP contribution is 2.25. The molecule has 39 heavy (non-hydrogen) atoms. The van der Waals surface area contributed by atoms with E-state index in [1.807, 2.05) is 75.4 Å². The third kappa shape index (κ3) is 8.91. The third-order valence-corrected chi connectivity index (χ3v) is 8.64. The van der Waals surface area contributed by atoms with Gasteiger partial charge in [-0.25, -0.2) is 8.42 Å². The van der Waals surface area contributed by atoms with Gasteiger partial charge in [-0.3, -0.25) is 13.9 Å². The van der Waals surface area contributed by atoms with Gasteiger partial charge in [0.2, 0.25) is 21.8 Å². The quantitative estimate of drug-likeness (QED) is 0.292. The number of rotatable bonds is 11. The fourth-order valence-electron chi connectivity index (χ4n) is 4.12. The molecule has 0 aliphatic rings. The molecule has 1 atom stereocenters. The summed E-state index contributed by atoms with van der Waals surface area (Å²) >= 11 is 6.87. The van der Waals surface area contributed by atoms with Crippen LogP contribution in [0.2, 0.25) is 0 Å². The number of nitrogens with one attached hydrogen (secondary N) is 1. The van der Waals surface area contributed by atoms with Crippen LogP contribution in [0.4, 0.5) is 5.69 Å². The van der Waals surface area contributed by atoms with Crippen LogP contribution >= 0.6 is 31.9 Å². The largest absolute Gasteiger partial charge is 0.352 e. The summed E-state index contributed by atoms with van der Waals surface area (Å²) in [5, 5.41) is 2.94.